The smallest absolute Gasteiger partial charge is 0.119 e. The number of rotatable bonds is 2. The molecule has 0 unspecified atom stereocenters. The highest BCUT2D eigenvalue weighted by Crippen LogP contribution is 2.22. The highest BCUT2D eigenvalue weighted by molar-refractivity contribution is 14.1. The van der Waals surface area contributed by atoms with Gasteiger partial charge in [0.25, 0.3) is 0 Å². The van der Waals surface area contributed by atoms with Gasteiger partial charge in [-0.15, -0.1) is 0 Å². The average Bonchev–Trinajstić information content (AvgIpc) is 2.23. The third-order valence-corrected chi connectivity index (χ3v) is 3.19. The lowest BCUT2D eigenvalue weighted by atomic mass is 9.98. The largest absolute Gasteiger partial charge is 0.490 e. The first-order valence-electron chi connectivity index (χ1n) is 5.10. The van der Waals surface area contributed by atoms with E-state index in [0.717, 1.165) is 5.75 Å². The van der Waals surface area contributed by atoms with E-state index >= 15 is 0 Å². The second kappa shape index (κ2) is 5.01. The van der Waals surface area contributed by atoms with E-state index < -0.39 is 0 Å². The third kappa shape index (κ3) is 2.87. The zero-order chi connectivity index (χ0) is 9.80. The molecule has 0 aliphatic heterocycles. The van der Waals surface area contributed by atoms with Crippen LogP contribution in [0.15, 0.2) is 24.3 Å². The van der Waals surface area contributed by atoms with Gasteiger partial charge >= 0.3 is 0 Å². The molecule has 0 spiro atoms. The van der Waals surface area contributed by atoms with E-state index in [1.807, 2.05) is 12.1 Å². The van der Waals surface area contributed by atoms with E-state index in [0.29, 0.717) is 6.10 Å². The van der Waals surface area contributed by atoms with Crippen LogP contribution in [0.2, 0.25) is 0 Å². The summed E-state index contributed by atoms with van der Waals surface area (Å²) in [4.78, 5) is 0. The van der Waals surface area contributed by atoms with Crippen LogP contribution in [0.5, 0.6) is 5.75 Å². The molecule has 1 aromatic carbocycles. The van der Waals surface area contributed by atoms with Crippen LogP contribution in [0, 0.1) is 9.99 Å². The van der Waals surface area contributed by atoms with E-state index in [9.17, 15) is 0 Å². The summed E-state index contributed by atoms with van der Waals surface area (Å²) in [6.45, 7) is 0. The summed E-state index contributed by atoms with van der Waals surface area (Å²) in [6, 6.07) is 8.26. The van der Waals surface area contributed by atoms with Crippen molar-refractivity contribution in [3.8, 4) is 5.75 Å². The van der Waals surface area contributed by atoms with Crippen molar-refractivity contribution in [2.24, 2.45) is 0 Å². The fourth-order valence-electron chi connectivity index (χ4n) is 1.71. The van der Waals surface area contributed by atoms with E-state index in [2.05, 4.69) is 41.1 Å². The van der Waals surface area contributed by atoms with E-state index in [-0.39, 0.29) is 0 Å². The predicted molar refractivity (Wildman–Crippen MR) is 66.3 cm³/mol. The van der Waals surface area contributed by atoms with Gasteiger partial charge in [-0.3, -0.25) is 0 Å². The van der Waals surface area contributed by atoms with Crippen LogP contribution >= 0.6 is 22.6 Å². The standard InChI is InChI=1S/C12H14IO/c13-10-6-8-12(9-7-10)14-11-4-2-1-3-5-11/h4,6-9,11H,1-3,5H2/t11-/m1/s1. The van der Waals surface area contributed by atoms with Gasteiger partial charge in [-0.1, -0.05) is 6.42 Å². The van der Waals surface area contributed by atoms with Gasteiger partial charge in [-0.25, -0.2) is 0 Å². The molecule has 1 nitrogen and oxygen atoms in total. The van der Waals surface area contributed by atoms with E-state index in [1.165, 1.54) is 29.3 Å². The first kappa shape index (κ1) is 10.3. The number of benzene rings is 1. The second-order valence-electron chi connectivity index (χ2n) is 3.63. The minimum Gasteiger partial charge on any atom is -0.490 e. The lowest BCUT2D eigenvalue weighted by Gasteiger charge is -2.22. The normalized spacial score (nSPS) is 18.1. The Balaban J connectivity index is 1.92. The Hall–Kier alpha value is -0.250. The van der Waals surface area contributed by atoms with Crippen molar-refractivity contribution < 1.29 is 4.74 Å². The van der Waals surface area contributed by atoms with Crippen molar-refractivity contribution in [1.82, 2.24) is 0 Å². The monoisotopic (exact) mass is 301 g/mol. The summed E-state index contributed by atoms with van der Waals surface area (Å²) in [5.41, 5.74) is 0. The van der Waals surface area contributed by atoms with Crippen LogP contribution in [-0.2, 0) is 0 Å². The highest BCUT2D eigenvalue weighted by Gasteiger charge is 2.14. The third-order valence-electron chi connectivity index (χ3n) is 2.47. The molecule has 0 N–H and O–H groups in total. The molecule has 0 amide bonds. The first-order chi connectivity index (χ1) is 6.84. The minimum absolute atomic E-state index is 0.337. The molecule has 0 saturated heterocycles. The fraction of sp³-hybridized carbons (Fsp3) is 0.417. The van der Waals surface area contributed by atoms with Gasteiger partial charge in [0.1, 0.15) is 11.9 Å². The maximum absolute atomic E-state index is 5.85. The lowest BCUT2D eigenvalue weighted by molar-refractivity contribution is 0.199. The number of hydrogen-bond donors (Lipinski definition) is 0. The second-order valence-corrected chi connectivity index (χ2v) is 4.88. The quantitative estimate of drug-likeness (QED) is 0.755. The molecule has 1 saturated carbocycles. The molecule has 0 aromatic heterocycles. The Morgan fingerprint density at radius 3 is 2.57 bits per heavy atom. The van der Waals surface area contributed by atoms with Crippen LogP contribution in [0.4, 0.5) is 0 Å². The highest BCUT2D eigenvalue weighted by atomic mass is 127. The summed E-state index contributed by atoms with van der Waals surface area (Å²) >= 11 is 2.30. The molecule has 14 heavy (non-hydrogen) atoms. The molecule has 1 aromatic rings. The Morgan fingerprint density at radius 2 is 1.93 bits per heavy atom. The van der Waals surface area contributed by atoms with Crippen LogP contribution in [0.3, 0.4) is 0 Å². The van der Waals surface area contributed by atoms with Gasteiger partial charge in [0.15, 0.2) is 0 Å². The summed E-state index contributed by atoms with van der Waals surface area (Å²) in [5.74, 6) is 0.994. The van der Waals surface area contributed by atoms with Gasteiger partial charge in [0.2, 0.25) is 0 Å². The summed E-state index contributed by atoms with van der Waals surface area (Å²) < 4.78 is 7.10. The summed E-state index contributed by atoms with van der Waals surface area (Å²) in [5, 5.41) is 0. The zero-order valence-electron chi connectivity index (χ0n) is 8.08. The molecule has 2 heteroatoms. The first-order valence-corrected chi connectivity index (χ1v) is 6.18. The average molecular weight is 301 g/mol. The Bertz CT molecular complexity index is 275. The number of ether oxygens (including phenoxy) is 1. The molecule has 1 aliphatic rings. The maximum Gasteiger partial charge on any atom is 0.119 e. The molecule has 1 atom stereocenters. The van der Waals surface area contributed by atoms with E-state index in [4.69, 9.17) is 4.74 Å². The minimum atomic E-state index is 0.337. The topological polar surface area (TPSA) is 9.23 Å². The molecule has 2 rings (SSSR count). The zero-order valence-corrected chi connectivity index (χ0v) is 10.2. The Kier molecular flexibility index (Phi) is 3.67. The van der Waals surface area contributed by atoms with Gasteiger partial charge in [0, 0.05) is 9.99 Å². The van der Waals surface area contributed by atoms with Gasteiger partial charge < -0.3 is 4.74 Å². The molecule has 1 fully saturated rings. The predicted octanol–water partition coefficient (Wildman–Crippen LogP) is 3.82. The molecule has 1 aliphatic carbocycles. The number of hydrogen-bond acceptors (Lipinski definition) is 1. The van der Waals surface area contributed by atoms with Gasteiger partial charge in [0.05, 0.1) is 0 Å². The molecule has 0 heterocycles. The molecular weight excluding hydrogens is 287 g/mol. The Morgan fingerprint density at radius 1 is 1.14 bits per heavy atom. The molecule has 75 valence electrons. The van der Waals surface area contributed by atoms with Crippen molar-refractivity contribution in [1.29, 1.82) is 0 Å². The molecule has 1 radical (unpaired) electrons. The van der Waals surface area contributed by atoms with Crippen LogP contribution in [0.25, 0.3) is 0 Å². The SMILES string of the molecule is Ic1ccc(O[C@@H]2[CH]CCCC2)cc1. The van der Waals surface area contributed by atoms with Crippen LogP contribution < -0.4 is 4.74 Å². The Labute approximate surface area is 99.0 Å². The fourth-order valence-corrected chi connectivity index (χ4v) is 2.07. The van der Waals surface area contributed by atoms with Crippen molar-refractivity contribution >= 4 is 22.6 Å². The maximum atomic E-state index is 5.85. The van der Waals surface area contributed by atoms with Gasteiger partial charge in [-0.05, 0) is 66.1 Å². The molecule has 0 bridgehead atoms. The van der Waals surface area contributed by atoms with Crippen LogP contribution in [-0.4, -0.2) is 6.10 Å². The van der Waals surface area contributed by atoms with Gasteiger partial charge in [-0.2, -0.15) is 0 Å². The lowest BCUT2D eigenvalue weighted by Crippen LogP contribution is -2.20. The van der Waals surface area contributed by atoms with Crippen molar-refractivity contribution in [2.45, 2.75) is 31.8 Å². The van der Waals surface area contributed by atoms with Crippen molar-refractivity contribution in [2.75, 3.05) is 0 Å². The summed E-state index contributed by atoms with van der Waals surface area (Å²) in [6.07, 6.45) is 7.63. The van der Waals surface area contributed by atoms with Crippen molar-refractivity contribution in [3.63, 3.8) is 0 Å². The number of halogens is 1. The summed E-state index contributed by atoms with van der Waals surface area (Å²) in [7, 11) is 0. The molecular formula is C12H14IO. The van der Waals surface area contributed by atoms with Crippen molar-refractivity contribution in [3.05, 3.63) is 34.3 Å². The van der Waals surface area contributed by atoms with E-state index in [1.54, 1.807) is 0 Å². The van der Waals surface area contributed by atoms with Crippen LogP contribution in [0.1, 0.15) is 25.7 Å².